The summed E-state index contributed by atoms with van der Waals surface area (Å²) in [6.45, 7) is 6.09. The summed E-state index contributed by atoms with van der Waals surface area (Å²) in [6.07, 6.45) is 1.69. The second kappa shape index (κ2) is 6.40. The number of ether oxygens (including phenoxy) is 1. The molecule has 1 heterocycles. The van der Waals surface area contributed by atoms with E-state index >= 15 is 0 Å². The molecule has 23 heavy (non-hydrogen) atoms. The molecule has 0 aliphatic carbocycles. The number of rotatable bonds is 5. The molecule has 4 heteroatoms. The number of amides is 1. The Labute approximate surface area is 134 Å². The summed E-state index contributed by atoms with van der Waals surface area (Å²) in [5, 5.41) is 3.90. The fourth-order valence-electron chi connectivity index (χ4n) is 2.36. The molecule has 0 saturated carbocycles. The van der Waals surface area contributed by atoms with Crippen molar-refractivity contribution < 1.29 is 9.53 Å². The van der Waals surface area contributed by atoms with Crippen LogP contribution >= 0.6 is 0 Å². The van der Waals surface area contributed by atoms with Gasteiger partial charge >= 0.3 is 0 Å². The SMILES string of the molecule is C=CCOc1ccc(NC(=O)c2cc3cc(C)ccc3[nH]2)cc1. The van der Waals surface area contributed by atoms with Gasteiger partial charge in [0.2, 0.25) is 0 Å². The fraction of sp³-hybridized carbons (Fsp3) is 0.105. The summed E-state index contributed by atoms with van der Waals surface area (Å²) in [5.41, 5.74) is 3.38. The molecule has 0 fully saturated rings. The van der Waals surface area contributed by atoms with E-state index in [-0.39, 0.29) is 5.91 Å². The summed E-state index contributed by atoms with van der Waals surface area (Å²) < 4.78 is 5.41. The van der Waals surface area contributed by atoms with Crippen LogP contribution in [0.2, 0.25) is 0 Å². The van der Waals surface area contributed by atoms with Gasteiger partial charge in [-0.05, 0) is 49.4 Å². The highest BCUT2D eigenvalue weighted by Crippen LogP contribution is 2.19. The predicted octanol–water partition coefficient (Wildman–Crippen LogP) is 4.29. The predicted molar refractivity (Wildman–Crippen MR) is 93.1 cm³/mol. The Hall–Kier alpha value is -3.01. The van der Waals surface area contributed by atoms with Crippen molar-refractivity contribution in [2.45, 2.75) is 6.92 Å². The summed E-state index contributed by atoms with van der Waals surface area (Å²) in [5.74, 6) is 0.572. The first-order chi connectivity index (χ1) is 11.2. The smallest absolute Gasteiger partial charge is 0.272 e. The van der Waals surface area contributed by atoms with Crippen molar-refractivity contribution in [1.29, 1.82) is 0 Å². The largest absolute Gasteiger partial charge is 0.490 e. The second-order valence-electron chi connectivity index (χ2n) is 5.35. The number of aromatic amines is 1. The third-order valence-corrected chi connectivity index (χ3v) is 3.50. The van der Waals surface area contributed by atoms with Gasteiger partial charge in [-0.2, -0.15) is 0 Å². The molecule has 4 nitrogen and oxygen atoms in total. The quantitative estimate of drug-likeness (QED) is 0.691. The zero-order valence-electron chi connectivity index (χ0n) is 12.9. The minimum absolute atomic E-state index is 0.168. The van der Waals surface area contributed by atoms with E-state index in [9.17, 15) is 4.79 Å². The molecule has 1 aromatic heterocycles. The van der Waals surface area contributed by atoms with Gasteiger partial charge in [0.15, 0.2) is 0 Å². The number of benzene rings is 2. The Kier molecular flexibility index (Phi) is 4.15. The van der Waals surface area contributed by atoms with E-state index in [1.807, 2.05) is 55.5 Å². The van der Waals surface area contributed by atoms with Crippen LogP contribution in [0.15, 0.2) is 61.2 Å². The minimum Gasteiger partial charge on any atom is -0.490 e. The van der Waals surface area contributed by atoms with E-state index in [0.29, 0.717) is 12.3 Å². The molecule has 0 aliphatic heterocycles. The third-order valence-electron chi connectivity index (χ3n) is 3.50. The molecule has 3 rings (SSSR count). The number of hydrogen-bond donors (Lipinski definition) is 2. The number of anilines is 1. The number of carbonyl (C=O) groups excluding carboxylic acids is 1. The number of aryl methyl sites for hydroxylation is 1. The van der Waals surface area contributed by atoms with Gasteiger partial charge in [0.05, 0.1) is 0 Å². The monoisotopic (exact) mass is 306 g/mol. The van der Waals surface area contributed by atoms with Crippen LogP contribution in [0.3, 0.4) is 0 Å². The first kappa shape index (κ1) is 14.9. The van der Waals surface area contributed by atoms with Crippen LogP contribution in [0.4, 0.5) is 5.69 Å². The number of nitrogens with one attached hydrogen (secondary N) is 2. The topological polar surface area (TPSA) is 54.1 Å². The van der Waals surface area contributed by atoms with Gasteiger partial charge < -0.3 is 15.0 Å². The Bertz CT molecular complexity index is 847. The van der Waals surface area contributed by atoms with Gasteiger partial charge in [0.1, 0.15) is 18.1 Å². The van der Waals surface area contributed by atoms with Crippen LogP contribution in [-0.2, 0) is 0 Å². The van der Waals surface area contributed by atoms with E-state index in [1.165, 1.54) is 5.56 Å². The molecule has 0 radical (unpaired) electrons. The van der Waals surface area contributed by atoms with Crippen LogP contribution in [0.5, 0.6) is 5.75 Å². The summed E-state index contributed by atoms with van der Waals surface area (Å²) in [6, 6.07) is 15.1. The fourth-order valence-corrected chi connectivity index (χ4v) is 2.36. The number of hydrogen-bond acceptors (Lipinski definition) is 2. The summed E-state index contributed by atoms with van der Waals surface area (Å²) in [7, 11) is 0. The van der Waals surface area contributed by atoms with Crippen molar-refractivity contribution in [3.8, 4) is 5.75 Å². The van der Waals surface area contributed by atoms with Crippen LogP contribution in [0.1, 0.15) is 16.1 Å². The van der Waals surface area contributed by atoms with Crippen molar-refractivity contribution in [2.24, 2.45) is 0 Å². The Morgan fingerprint density at radius 3 is 2.74 bits per heavy atom. The zero-order valence-corrected chi connectivity index (χ0v) is 12.9. The standard InChI is InChI=1S/C19H18N2O2/c1-3-10-23-16-7-5-15(6-8-16)20-19(22)18-12-14-11-13(2)4-9-17(14)21-18/h3-9,11-12,21H,1,10H2,2H3,(H,20,22). The van der Waals surface area contributed by atoms with E-state index < -0.39 is 0 Å². The van der Waals surface area contributed by atoms with Gasteiger partial charge in [0, 0.05) is 16.6 Å². The molecule has 0 atom stereocenters. The third kappa shape index (κ3) is 3.43. The Morgan fingerprint density at radius 2 is 2.00 bits per heavy atom. The first-order valence-corrected chi connectivity index (χ1v) is 7.40. The lowest BCUT2D eigenvalue weighted by atomic mass is 10.2. The number of carbonyl (C=O) groups is 1. The molecule has 2 N–H and O–H groups in total. The van der Waals surface area contributed by atoms with Crippen molar-refractivity contribution in [3.05, 3.63) is 72.4 Å². The highest BCUT2D eigenvalue weighted by molar-refractivity contribution is 6.06. The van der Waals surface area contributed by atoms with Crippen molar-refractivity contribution in [3.63, 3.8) is 0 Å². The highest BCUT2D eigenvalue weighted by atomic mass is 16.5. The van der Waals surface area contributed by atoms with Gasteiger partial charge in [-0.25, -0.2) is 0 Å². The van der Waals surface area contributed by atoms with Crippen LogP contribution < -0.4 is 10.1 Å². The molecular weight excluding hydrogens is 288 g/mol. The maximum atomic E-state index is 12.3. The van der Waals surface area contributed by atoms with Gasteiger partial charge in [-0.3, -0.25) is 4.79 Å². The molecular formula is C19H18N2O2. The lowest BCUT2D eigenvalue weighted by molar-refractivity contribution is 0.102. The average Bonchev–Trinajstić information content (AvgIpc) is 2.97. The maximum Gasteiger partial charge on any atom is 0.272 e. The van der Waals surface area contributed by atoms with E-state index in [1.54, 1.807) is 6.08 Å². The highest BCUT2D eigenvalue weighted by Gasteiger charge is 2.10. The van der Waals surface area contributed by atoms with Crippen molar-refractivity contribution in [2.75, 3.05) is 11.9 Å². The lowest BCUT2D eigenvalue weighted by Gasteiger charge is -2.06. The average molecular weight is 306 g/mol. The number of H-pyrrole nitrogens is 1. The number of fused-ring (bicyclic) bond motifs is 1. The van der Waals surface area contributed by atoms with Crippen LogP contribution in [-0.4, -0.2) is 17.5 Å². The van der Waals surface area contributed by atoms with Crippen molar-refractivity contribution in [1.82, 2.24) is 4.98 Å². The molecule has 1 amide bonds. The lowest BCUT2D eigenvalue weighted by Crippen LogP contribution is -2.12. The summed E-state index contributed by atoms with van der Waals surface area (Å²) >= 11 is 0. The van der Waals surface area contributed by atoms with E-state index in [0.717, 1.165) is 22.3 Å². The van der Waals surface area contributed by atoms with Gasteiger partial charge in [-0.15, -0.1) is 0 Å². The van der Waals surface area contributed by atoms with E-state index in [2.05, 4.69) is 16.9 Å². The maximum absolute atomic E-state index is 12.3. The number of aromatic nitrogens is 1. The van der Waals surface area contributed by atoms with E-state index in [4.69, 9.17) is 4.74 Å². The molecule has 0 aliphatic rings. The molecule has 3 aromatic rings. The van der Waals surface area contributed by atoms with Crippen LogP contribution in [0, 0.1) is 6.92 Å². The molecule has 0 unspecified atom stereocenters. The Morgan fingerprint density at radius 1 is 1.22 bits per heavy atom. The Balaban J connectivity index is 1.73. The zero-order chi connectivity index (χ0) is 16.2. The first-order valence-electron chi connectivity index (χ1n) is 7.40. The van der Waals surface area contributed by atoms with Gasteiger partial charge in [0.25, 0.3) is 5.91 Å². The summed E-state index contributed by atoms with van der Waals surface area (Å²) in [4.78, 5) is 15.5. The van der Waals surface area contributed by atoms with Crippen LogP contribution in [0.25, 0.3) is 10.9 Å². The molecule has 116 valence electrons. The molecule has 2 aromatic carbocycles. The molecule has 0 bridgehead atoms. The second-order valence-corrected chi connectivity index (χ2v) is 5.35. The molecule has 0 spiro atoms. The van der Waals surface area contributed by atoms with Crippen molar-refractivity contribution >= 4 is 22.5 Å². The minimum atomic E-state index is -0.168. The normalized spacial score (nSPS) is 10.5. The molecule has 0 saturated heterocycles. The van der Waals surface area contributed by atoms with Gasteiger partial charge in [-0.1, -0.05) is 24.3 Å².